The molecule has 10 heteroatoms. The standard InChI is InChI=1S/C32H25Cl2N3O4S/c1-20-13-14-23(18-25(20)33)35-29(38)19-41-30-26(34)15-21(16-27(30)40-2)17-28-31(39)37(24-11-7-4-8-12-24)32(42-28)36-22-9-5-3-6-10-22/h3-18H,19H2,1-2H3,(H,35,38)/b28-17-,36-32?. The minimum atomic E-state index is -0.390. The number of thioether (sulfide) groups is 1. The Morgan fingerprint density at radius 2 is 1.69 bits per heavy atom. The minimum Gasteiger partial charge on any atom is -0.493 e. The van der Waals surface area contributed by atoms with Gasteiger partial charge in [0.1, 0.15) is 0 Å². The van der Waals surface area contributed by atoms with Gasteiger partial charge in [-0.25, -0.2) is 4.99 Å². The Kier molecular flexibility index (Phi) is 9.17. The summed E-state index contributed by atoms with van der Waals surface area (Å²) in [5.74, 6) is -0.0854. The first-order valence-corrected chi connectivity index (χ1v) is 14.4. The lowest BCUT2D eigenvalue weighted by molar-refractivity contribution is -0.118. The SMILES string of the molecule is COc1cc(/C=C2\SC(=Nc3ccccc3)N(c3ccccc3)C2=O)cc(Cl)c1OCC(=O)Nc1ccc(C)c(Cl)c1. The Hall–Kier alpha value is -4.24. The normalized spacial score (nSPS) is 14.9. The van der Waals surface area contributed by atoms with E-state index in [0.29, 0.717) is 37.8 Å². The summed E-state index contributed by atoms with van der Waals surface area (Å²) < 4.78 is 11.2. The van der Waals surface area contributed by atoms with Crippen molar-refractivity contribution in [2.45, 2.75) is 6.92 Å². The monoisotopic (exact) mass is 617 g/mol. The van der Waals surface area contributed by atoms with Crippen LogP contribution in [-0.2, 0) is 9.59 Å². The van der Waals surface area contributed by atoms with Gasteiger partial charge in [0.25, 0.3) is 11.8 Å². The van der Waals surface area contributed by atoms with Crippen molar-refractivity contribution in [1.82, 2.24) is 0 Å². The summed E-state index contributed by atoms with van der Waals surface area (Å²) in [5, 5.41) is 4.04. The molecule has 1 aliphatic rings. The number of benzene rings is 4. The van der Waals surface area contributed by atoms with Gasteiger partial charge >= 0.3 is 0 Å². The zero-order valence-corrected chi connectivity index (χ0v) is 25.0. The number of amidine groups is 1. The van der Waals surface area contributed by atoms with Gasteiger partial charge < -0.3 is 14.8 Å². The van der Waals surface area contributed by atoms with Gasteiger partial charge in [0.15, 0.2) is 23.3 Å². The molecule has 0 bridgehead atoms. The van der Waals surface area contributed by atoms with Crippen molar-refractivity contribution in [2.75, 3.05) is 23.9 Å². The fourth-order valence-corrected chi connectivity index (χ4v) is 5.54. The number of methoxy groups -OCH3 is 1. The van der Waals surface area contributed by atoms with Crippen LogP contribution in [0.2, 0.25) is 10.0 Å². The third kappa shape index (κ3) is 6.79. The van der Waals surface area contributed by atoms with Crippen molar-refractivity contribution >= 4 is 75.1 Å². The molecule has 0 aliphatic carbocycles. The van der Waals surface area contributed by atoms with E-state index in [1.807, 2.05) is 73.7 Å². The number of aryl methyl sites for hydroxylation is 1. The number of nitrogens with one attached hydrogen (secondary N) is 1. The van der Waals surface area contributed by atoms with Gasteiger partial charge in [-0.1, -0.05) is 65.7 Å². The highest BCUT2D eigenvalue weighted by molar-refractivity contribution is 8.19. The van der Waals surface area contributed by atoms with Gasteiger partial charge in [-0.3, -0.25) is 14.5 Å². The number of rotatable bonds is 8. The number of carbonyl (C=O) groups is 2. The number of amides is 2. The van der Waals surface area contributed by atoms with Crippen LogP contribution in [0, 0.1) is 6.92 Å². The third-order valence-electron chi connectivity index (χ3n) is 6.15. The molecule has 1 saturated heterocycles. The van der Waals surface area contributed by atoms with Crippen LogP contribution in [0.1, 0.15) is 11.1 Å². The molecule has 7 nitrogen and oxygen atoms in total. The van der Waals surface area contributed by atoms with E-state index >= 15 is 0 Å². The van der Waals surface area contributed by atoms with E-state index in [1.54, 1.807) is 35.2 Å². The van der Waals surface area contributed by atoms with Crippen molar-refractivity contribution in [2.24, 2.45) is 4.99 Å². The van der Waals surface area contributed by atoms with Crippen LogP contribution >= 0.6 is 35.0 Å². The fourth-order valence-electron chi connectivity index (χ4n) is 4.09. The maximum absolute atomic E-state index is 13.6. The van der Waals surface area contributed by atoms with Gasteiger partial charge in [-0.2, -0.15) is 0 Å². The molecule has 42 heavy (non-hydrogen) atoms. The number of carbonyl (C=O) groups excluding carboxylic acids is 2. The summed E-state index contributed by atoms with van der Waals surface area (Å²) in [7, 11) is 1.47. The first kappa shape index (κ1) is 29.3. The first-order valence-electron chi connectivity index (χ1n) is 12.8. The van der Waals surface area contributed by atoms with Crippen LogP contribution in [0.4, 0.5) is 17.1 Å². The number of nitrogens with zero attached hydrogens (tertiary/aromatic N) is 2. The lowest BCUT2D eigenvalue weighted by Gasteiger charge is -2.15. The number of anilines is 2. The minimum absolute atomic E-state index is 0.209. The molecular formula is C32H25Cl2N3O4S. The Morgan fingerprint density at radius 3 is 2.38 bits per heavy atom. The van der Waals surface area contributed by atoms with Crippen LogP contribution in [0.25, 0.3) is 6.08 Å². The molecule has 1 heterocycles. The molecule has 0 saturated carbocycles. The molecule has 1 fully saturated rings. The summed E-state index contributed by atoms with van der Waals surface area (Å²) in [6.07, 6.45) is 1.72. The van der Waals surface area contributed by atoms with Crippen LogP contribution in [0.5, 0.6) is 11.5 Å². The molecule has 4 aromatic carbocycles. The summed E-state index contributed by atoms with van der Waals surface area (Å²) in [5.41, 5.74) is 3.52. The number of aliphatic imine (C=N–C) groups is 1. The number of hydrogen-bond donors (Lipinski definition) is 1. The Morgan fingerprint density at radius 1 is 0.976 bits per heavy atom. The largest absolute Gasteiger partial charge is 0.493 e. The molecule has 0 spiro atoms. The van der Waals surface area contributed by atoms with E-state index in [9.17, 15) is 9.59 Å². The van der Waals surface area contributed by atoms with Gasteiger partial charge in [0.2, 0.25) is 0 Å². The average Bonchev–Trinajstić information content (AvgIpc) is 3.28. The highest BCUT2D eigenvalue weighted by Gasteiger charge is 2.34. The third-order valence-corrected chi connectivity index (χ3v) is 7.81. The molecule has 2 amide bonds. The Labute approximate surface area is 257 Å². The van der Waals surface area contributed by atoms with Gasteiger partial charge in [0, 0.05) is 10.7 Å². The lowest BCUT2D eigenvalue weighted by Crippen LogP contribution is -2.28. The highest BCUT2D eigenvalue weighted by atomic mass is 35.5. The molecule has 4 aromatic rings. The maximum atomic E-state index is 13.6. The van der Waals surface area contributed by atoms with Gasteiger partial charge in [-0.15, -0.1) is 0 Å². The number of ether oxygens (including phenoxy) is 2. The number of hydrogen-bond acceptors (Lipinski definition) is 6. The quantitative estimate of drug-likeness (QED) is 0.202. The lowest BCUT2D eigenvalue weighted by atomic mass is 10.1. The predicted octanol–water partition coefficient (Wildman–Crippen LogP) is 8.14. The van der Waals surface area contributed by atoms with Crippen molar-refractivity contribution in [3.8, 4) is 11.5 Å². The summed E-state index contributed by atoms with van der Waals surface area (Å²) in [4.78, 5) is 32.9. The molecule has 1 aliphatic heterocycles. The average molecular weight is 619 g/mol. The first-order chi connectivity index (χ1) is 20.3. The zero-order chi connectivity index (χ0) is 29.6. The molecular weight excluding hydrogens is 593 g/mol. The molecule has 1 N–H and O–H groups in total. The van der Waals surface area contributed by atoms with Crippen LogP contribution in [0.15, 0.2) is 101 Å². The zero-order valence-electron chi connectivity index (χ0n) is 22.6. The second-order valence-corrected chi connectivity index (χ2v) is 11.0. The second-order valence-electron chi connectivity index (χ2n) is 9.15. The number of halogens is 2. The molecule has 0 aromatic heterocycles. The Balaban J connectivity index is 1.38. The molecule has 0 atom stereocenters. The van der Waals surface area contributed by atoms with E-state index in [-0.39, 0.29) is 23.3 Å². The fraction of sp³-hybridized carbons (Fsp3) is 0.0938. The summed E-state index contributed by atoms with van der Waals surface area (Å²) in [6, 6.07) is 27.4. The smallest absolute Gasteiger partial charge is 0.271 e. The summed E-state index contributed by atoms with van der Waals surface area (Å²) in [6.45, 7) is 1.57. The number of para-hydroxylation sites is 2. The summed E-state index contributed by atoms with van der Waals surface area (Å²) >= 11 is 14.0. The van der Waals surface area contributed by atoms with E-state index in [2.05, 4.69) is 5.32 Å². The molecule has 0 unspecified atom stereocenters. The van der Waals surface area contributed by atoms with Crippen molar-refractivity contribution < 1.29 is 19.1 Å². The van der Waals surface area contributed by atoms with Crippen molar-refractivity contribution in [3.05, 3.63) is 117 Å². The van der Waals surface area contributed by atoms with Crippen molar-refractivity contribution in [3.63, 3.8) is 0 Å². The highest BCUT2D eigenvalue weighted by Crippen LogP contribution is 2.40. The van der Waals surface area contributed by atoms with Crippen LogP contribution < -0.4 is 19.7 Å². The van der Waals surface area contributed by atoms with E-state index < -0.39 is 5.91 Å². The molecule has 5 rings (SSSR count). The second kappa shape index (κ2) is 13.2. The molecule has 212 valence electrons. The Bertz CT molecular complexity index is 1700. The van der Waals surface area contributed by atoms with Crippen LogP contribution in [-0.4, -0.2) is 30.7 Å². The molecule has 0 radical (unpaired) electrons. The van der Waals surface area contributed by atoms with E-state index in [1.165, 1.54) is 18.9 Å². The predicted molar refractivity (Wildman–Crippen MR) is 171 cm³/mol. The van der Waals surface area contributed by atoms with E-state index in [4.69, 9.17) is 37.7 Å². The van der Waals surface area contributed by atoms with Crippen molar-refractivity contribution in [1.29, 1.82) is 0 Å². The van der Waals surface area contributed by atoms with Crippen LogP contribution in [0.3, 0.4) is 0 Å². The maximum Gasteiger partial charge on any atom is 0.271 e. The van der Waals surface area contributed by atoms with E-state index in [0.717, 1.165) is 11.3 Å². The van der Waals surface area contributed by atoms with Gasteiger partial charge in [-0.05, 0) is 84.4 Å². The topological polar surface area (TPSA) is 80.2 Å². The van der Waals surface area contributed by atoms with Gasteiger partial charge in [0.05, 0.1) is 28.4 Å².